The average Bonchev–Trinajstić information content (AvgIpc) is 3.21. The van der Waals surface area contributed by atoms with Crippen molar-refractivity contribution in [1.82, 2.24) is 9.88 Å². The molecule has 37 heavy (non-hydrogen) atoms. The van der Waals surface area contributed by atoms with Gasteiger partial charge < -0.3 is 9.64 Å². The second kappa shape index (κ2) is 11.2. The number of aromatic nitrogens is 1. The molecule has 14 heteroatoms. The number of alkyl halides is 3. The van der Waals surface area contributed by atoms with E-state index in [1.165, 1.54) is 17.8 Å². The summed E-state index contributed by atoms with van der Waals surface area (Å²) < 4.78 is 75.0. The number of benzene rings is 2. The third kappa shape index (κ3) is 6.85. The predicted octanol–water partition coefficient (Wildman–Crippen LogP) is 7.20. The molecular formula is C23H19BrCl2F3N3O3S2. The first-order valence-electron chi connectivity index (χ1n) is 10.7. The molecule has 198 valence electrons. The summed E-state index contributed by atoms with van der Waals surface area (Å²) in [6.45, 7) is 1.16. The van der Waals surface area contributed by atoms with E-state index in [0.29, 0.717) is 43.9 Å². The first-order valence-corrected chi connectivity index (χ1v) is 14.5. The molecule has 1 fully saturated rings. The number of likely N-dealkylation sites (N-methyl/N-ethyl adjacent to an activating group) is 1. The van der Waals surface area contributed by atoms with Crippen molar-refractivity contribution in [3.8, 4) is 5.75 Å². The lowest BCUT2D eigenvalue weighted by molar-refractivity contribution is -0.139. The Hall–Kier alpha value is -1.70. The highest BCUT2D eigenvalue weighted by atomic mass is 79.9. The molecule has 1 aliphatic heterocycles. The first-order chi connectivity index (χ1) is 17.3. The van der Waals surface area contributed by atoms with Crippen LogP contribution in [0.4, 0.5) is 18.9 Å². The van der Waals surface area contributed by atoms with Crippen LogP contribution < -0.4 is 9.46 Å². The van der Waals surface area contributed by atoms with Crippen molar-refractivity contribution >= 4 is 66.6 Å². The number of halogens is 6. The van der Waals surface area contributed by atoms with Gasteiger partial charge in [0.05, 0.1) is 25.8 Å². The highest BCUT2D eigenvalue weighted by Gasteiger charge is 2.36. The molecule has 1 aromatic heterocycles. The molecular weight excluding hydrogens is 638 g/mol. The molecule has 6 nitrogen and oxygen atoms in total. The lowest BCUT2D eigenvalue weighted by Gasteiger charge is -2.19. The molecule has 3 aromatic rings. The monoisotopic (exact) mass is 655 g/mol. The SMILES string of the molecule is CN1CC[C@@H](Oc2cc(NS(=O)(=O)c3cnc(Sc4cccc(Cl)c4Cl)c(Br)c3)ccc2C(F)(F)F)C1. The van der Waals surface area contributed by atoms with E-state index in [9.17, 15) is 21.6 Å². The largest absolute Gasteiger partial charge is 0.488 e. The molecule has 1 atom stereocenters. The van der Waals surface area contributed by atoms with Gasteiger partial charge in [0.1, 0.15) is 21.8 Å². The van der Waals surface area contributed by atoms with Crippen LogP contribution in [0, 0.1) is 0 Å². The Balaban J connectivity index is 1.57. The zero-order chi connectivity index (χ0) is 27.0. The number of sulfonamides is 1. The summed E-state index contributed by atoms with van der Waals surface area (Å²) in [6, 6.07) is 9.34. The smallest absolute Gasteiger partial charge is 0.419 e. The van der Waals surface area contributed by atoms with Crippen molar-refractivity contribution in [1.29, 1.82) is 0 Å². The van der Waals surface area contributed by atoms with Crippen molar-refractivity contribution in [2.75, 3.05) is 24.9 Å². The Morgan fingerprint density at radius 3 is 2.62 bits per heavy atom. The molecule has 0 bridgehead atoms. The van der Waals surface area contributed by atoms with Gasteiger partial charge in [0.2, 0.25) is 0 Å². The van der Waals surface area contributed by atoms with Gasteiger partial charge in [-0.2, -0.15) is 13.2 Å². The molecule has 0 unspecified atom stereocenters. The predicted molar refractivity (Wildman–Crippen MR) is 141 cm³/mol. The van der Waals surface area contributed by atoms with Crippen LogP contribution in [-0.2, 0) is 16.2 Å². The van der Waals surface area contributed by atoms with Crippen molar-refractivity contribution in [2.24, 2.45) is 0 Å². The van der Waals surface area contributed by atoms with E-state index >= 15 is 0 Å². The van der Waals surface area contributed by atoms with Gasteiger partial charge in [-0.05, 0) is 59.7 Å². The standard InChI is InChI=1S/C23H19BrCl2F3N3O3S2/c1-32-8-7-14(12-32)35-19-9-13(5-6-16(19)23(27,28)29)31-37(33,34)15-10-17(24)22(30-11-15)36-20-4-2-3-18(25)21(20)26/h2-6,9-11,14,31H,7-8,12H2,1H3/t14-/m1/s1. The second-order valence-corrected chi connectivity index (χ2v) is 12.6. The van der Waals surface area contributed by atoms with Crippen LogP contribution in [0.2, 0.25) is 10.0 Å². The van der Waals surface area contributed by atoms with Crippen molar-refractivity contribution in [3.05, 3.63) is 68.7 Å². The normalized spacial score (nSPS) is 16.7. The van der Waals surface area contributed by atoms with Gasteiger partial charge in [0.15, 0.2) is 0 Å². The molecule has 2 aromatic carbocycles. The summed E-state index contributed by atoms with van der Waals surface area (Å²) in [5, 5.41) is 1.15. The van der Waals surface area contributed by atoms with Gasteiger partial charge in [0, 0.05) is 30.2 Å². The second-order valence-electron chi connectivity index (χ2n) is 8.22. The molecule has 0 amide bonds. The third-order valence-electron chi connectivity index (χ3n) is 5.40. The molecule has 0 aliphatic carbocycles. The van der Waals surface area contributed by atoms with E-state index in [0.717, 1.165) is 24.4 Å². The van der Waals surface area contributed by atoms with Gasteiger partial charge in [-0.1, -0.05) is 41.0 Å². The summed E-state index contributed by atoms with van der Waals surface area (Å²) in [5.41, 5.74) is -1.05. The number of nitrogens with one attached hydrogen (secondary N) is 1. The summed E-state index contributed by atoms with van der Waals surface area (Å²) in [4.78, 5) is 6.58. The maximum absolute atomic E-state index is 13.6. The Morgan fingerprint density at radius 1 is 1.22 bits per heavy atom. The molecule has 0 saturated carbocycles. The van der Waals surface area contributed by atoms with Crippen LogP contribution in [0.5, 0.6) is 5.75 Å². The number of likely N-dealkylation sites (tertiary alicyclic amines) is 1. The van der Waals surface area contributed by atoms with E-state index in [-0.39, 0.29) is 10.6 Å². The van der Waals surface area contributed by atoms with Gasteiger partial charge >= 0.3 is 6.18 Å². The molecule has 1 aliphatic rings. The number of anilines is 1. The minimum atomic E-state index is -4.66. The lowest BCUT2D eigenvalue weighted by atomic mass is 10.1. The van der Waals surface area contributed by atoms with E-state index in [2.05, 4.69) is 25.6 Å². The summed E-state index contributed by atoms with van der Waals surface area (Å²) in [6.07, 6.45) is -3.39. The van der Waals surface area contributed by atoms with Gasteiger partial charge in [0.25, 0.3) is 10.0 Å². The first kappa shape index (κ1) is 28.3. The Bertz CT molecular complexity index is 1430. The number of rotatable bonds is 7. The number of hydrogen-bond acceptors (Lipinski definition) is 6. The molecule has 0 radical (unpaired) electrons. The van der Waals surface area contributed by atoms with Crippen LogP contribution in [0.25, 0.3) is 0 Å². The number of ether oxygens (including phenoxy) is 1. The average molecular weight is 657 g/mol. The fourth-order valence-corrected chi connectivity index (χ4v) is 6.65. The van der Waals surface area contributed by atoms with Crippen molar-refractivity contribution < 1.29 is 26.3 Å². The van der Waals surface area contributed by atoms with Crippen LogP contribution in [0.3, 0.4) is 0 Å². The van der Waals surface area contributed by atoms with E-state index in [1.54, 1.807) is 18.2 Å². The number of nitrogens with zero attached hydrogens (tertiary/aromatic N) is 2. The molecule has 2 heterocycles. The summed E-state index contributed by atoms with van der Waals surface area (Å²) >= 11 is 16.8. The van der Waals surface area contributed by atoms with Gasteiger partial charge in [-0.3, -0.25) is 4.72 Å². The molecule has 1 N–H and O–H groups in total. The topological polar surface area (TPSA) is 71.5 Å². The minimum Gasteiger partial charge on any atom is -0.488 e. The van der Waals surface area contributed by atoms with Crippen molar-refractivity contribution in [2.45, 2.75) is 33.5 Å². The Morgan fingerprint density at radius 2 is 1.97 bits per heavy atom. The van der Waals surface area contributed by atoms with E-state index < -0.39 is 33.6 Å². The maximum Gasteiger partial charge on any atom is 0.419 e. The minimum absolute atomic E-state index is 0.0744. The van der Waals surface area contributed by atoms with Crippen LogP contribution >= 0.6 is 50.9 Å². The Kier molecular flexibility index (Phi) is 8.56. The Labute approximate surface area is 234 Å². The highest BCUT2D eigenvalue weighted by molar-refractivity contribution is 9.10. The van der Waals surface area contributed by atoms with Crippen LogP contribution in [0.1, 0.15) is 12.0 Å². The summed E-state index contributed by atoms with van der Waals surface area (Å²) in [7, 11) is -2.34. The maximum atomic E-state index is 13.6. The zero-order valence-electron chi connectivity index (χ0n) is 19.0. The summed E-state index contributed by atoms with van der Waals surface area (Å²) in [5.74, 6) is -0.433. The highest BCUT2D eigenvalue weighted by Crippen LogP contribution is 2.41. The number of pyridine rings is 1. The molecule has 4 rings (SSSR count). The quantitative estimate of drug-likeness (QED) is 0.290. The van der Waals surface area contributed by atoms with E-state index in [4.69, 9.17) is 27.9 Å². The fourth-order valence-electron chi connectivity index (χ4n) is 3.60. The van der Waals surface area contributed by atoms with Crippen LogP contribution in [0.15, 0.2) is 68.0 Å². The lowest BCUT2D eigenvalue weighted by Crippen LogP contribution is -2.23. The molecule has 1 saturated heterocycles. The third-order valence-corrected chi connectivity index (χ3v) is 9.62. The zero-order valence-corrected chi connectivity index (χ0v) is 23.8. The van der Waals surface area contributed by atoms with Crippen LogP contribution in [-0.4, -0.2) is 44.5 Å². The van der Waals surface area contributed by atoms with Gasteiger partial charge in [-0.25, -0.2) is 13.4 Å². The van der Waals surface area contributed by atoms with E-state index in [1.807, 2.05) is 11.9 Å². The fraction of sp³-hybridized carbons (Fsp3) is 0.261. The number of hydrogen-bond donors (Lipinski definition) is 1. The molecule has 0 spiro atoms. The van der Waals surface area contributed by atoms with Gasteiger partial charge in [-0.15, -0.1) is 0 Å². The van der Waals surface area contributed by atoms with Crippen molar-refractivity contribution in [3.63, 3.8) is 0 Å².